The van der Waals surface area contributed by atoms with Crippen LogP contribution in [0.4, 0.5) is 0 Å². The monoisotopic (exact) mass is 216 g/mol. The summed E-state index contributed by atoms with van der Waals surface area (Å²) in [5.74, 6) is 0. The first kappa shape index (κ1) is 8.64. The van der Waals surface area contributed by atoms with Crippen molar-refractivity contribution in [1.82, 2.24) is 4.98 Å². The van der Waals surface area contributed by atoms with Gasteiger partial charge in [0.15, 0.2) is 0 Å². The van der Waals surface area contributed by atoms with Crippen LogP contribution in [-0.4, -0.2) is 16.7 Å². The van der Waals surface area contributed by atoms with E-state index in [9.17, 15) is 0 Å². The van der Waals surface area contributed by atoms with Gasteiger partial charge in [-0.1, -0.05) is 0 Å². The lowest BCUT2D eigenvalue weighted by Gasteiger charge is -2.07. The smallest absolute Gasteiger partial charge is 0.106 e. The minimum absolute atomic E-state index is 0.0452. The Kier molecular flexibility index (Phi) is 2.99. The molecule has 1 aromatic heterocycles. The third kappa shape index (κ3) is 2.25. The van der Waals surface area contributed by atoms with Crippen molar-refractivity contribution in [2.24, 2.45) is 5.73 Å². The lowest BCUT2D eigenvalue weighted by molar-refractivity contribution is 0.268. The molecule has 0 radical (unpaired) electrons. The molecule has 0 amide bonds. The third-order valence-electron chi connectivity index (χ3n) is 1.38. The Bertz CT molecular complexity index is 242. The molecule has 3 nitrogen and oxygen atoms in total. The molecule has 0 bridgehead atoms. The summed E-state index contributed by atoms with van der Waals surface area (Å²) < 4.78 is 0.735. The lowest BCUT2D eigenvalue weighted by Crippen LogP contribution is -2.14. The van der Waals surface area contributed by atoms with Crippen molar-refractivity contribution in [3.8, 4) is 0 Å². The molecule has 0 fully saturated rings. The van der Waals surface area contributed by atoms with Gasteiger partial charge in [-0.2, -0.15) is 0 Å². The van der Waals surface area contributed by atoms with Gasteiger partial charge in [-0.15, -0.1) is 0 Å². The van der Waals surface area contributed by atoms with E-state index in [0.717, 1.165) is 10.2 Å². The second-order valence-corrected chi connectivity index (χ2v) is 3.01. The first-order chi connectivity index (χ1) is 5.24. The second-order valence-electron chi connectivity index (χ2n) is 2.20. The average molecular weight is 217 g/mol. The van der Waals surface area contributed by atoms with E-state index in [-0.39, 0.29) is 12.6 Å². The number of hydrogen-bond acceptors (Lipinski definition) is 3. The molecule has 0 aliphatic rings. The van der Waals surface area contributed by atoms with Crippen molar-refractivity contribution in [2.75, 3.05) is 6.61 Å². The molecule has 60 valence electrons. The predicted octanol–water partition coefficient (Wildman–Crippen LogP) is 0.836. The molecule has 0 aliphatic heterocycles. The fourth-order valence-corrected chi connectivity index (χ4v) is 1.14. The Balaban J connectivity index is 2.86. The van der Waals surface area contributed by atoms with Crippen LogP contribution >= 0.6 is 15.9 Å². The van der Waals surface area contributed by atoms with E-state index in [1.54, 1.807) is 18.3 Å². The number of hydrogen-bond donors (Lipinski definition) is 2. The number of pyridine rings is 1. The normalized spacial score (nSPS) is 13.0. The van der Waals surface area contributed by atoms with Crippen LogP contribution in [0.15, 0.2) is 22.9 Å². The number of aliphatic hydroxyl groups is 1. The number of halogens is 1. The van der Waals surface area contributed by atoms with Crippen molar-refractivity contribution in [3.63, 3.8) is 0 Å². The molecule has 0 aromatic carbocycles. The van der Waals surface area contributed by atoms with Gasteiger partial charge in [0.05, 0.1) is 12.6 Å². The van der Waals surface area contributed by atoms with Gasteiger partial charge in [-0.25, -0.2) is 4.98 Å². The number of aliphatic hydroxyl groups excluding tert-OH is 1. The van der Waals surface area contributed by atoms with E-state index in [4.69, 9.17) is 10.8 Å². The summed E-state index contributed by atoms with van der Waals surface area (Å²) in [5.41, 5.74) is 6.45. The molecule has 3 N–H and O–H groups in total. The van der Waals surface area contributed by atoms with Crippen molar-refractivity contribution in [3.05, 3.63) is 28.5 Å². The molecule has 11 heavy (non-hydrogen) atoms. The van der Waals surface area contributed by atoms with Crippen LogP contribution in [0.1, 0.15) is 11.6 Å². The highest BCUT2D eigenvalue weighted by Gasteiger charge is 2.03. The second kappa shape index (κ2) is 3.80. The molecule has 0 spiro atoms. The van der Waals surface area contributed by atoms with Gasteiger partial charge in [-0.3, -0.25) is 0 Å². The Hall–Kier alpha value is -0.450. The minimum Gasteiger partial charge on any atom is -0.394 e. The first-order valence-corrected chi connectivity index (χ1v) is 4.01. The first-order valence-electron chi connectivity index (χ1n) is 3.22. The van der Waals surface area contributed by atoms with E-state index >= 15 is 0 Å². The van der Waals surface area contributed by atoms with E-state index in [2.05, 4.69) is 20.9 Å². The van der Waals surface area contributed by atoms with Crippen LogP contribution in [0.2, 0.25) is 0 Å². The highest BCUT2D eigenvalue weighted by molar-refractivity contribution is 9.10. The maximum Gasteiger partial charge on any atom is 0.106 e. The van der Waals surface area contributed by atoms with Gasteiger partial charge in [0, 0.05) is 6.20 Å². The quantitative estimate of drug-likeness (QED) is 0.721. The van der Waals surface area contributed by atoms with Gasteiger partial charge in [-0.05, 0) is 33.6 Å². The lowest BCUT2D eigenvalue weighted by atomic mass is 10.1. The topological polar surface area (TPSA) is 59.1 Å². The zero-order valence-electron chi connectivity index (χ0n) is 5.87. The molecule has 1 atom stereocenters. The van der Waals surface area contributed by atoms with Gasteiger partial charge in [0.2, 0.25) is 0 Å². The fourth-order valence-electron chi connectivity index (χ4n) is 0.753. The molecular formula is C7H9BrN2O. The van der Waals surface area contributed by atoms with Crippen LogP contribution in [-0.2, 0) is 0 Å². The minimum atomic E-state index is -0.311. The van der Waals surface area contributed by atoms with E-state index < -0.39 is 0 Å². The van der Waals surface area contributed by atoms with Gasteiger partial charge in [0.25, 0.3) is 0 Å². The Morgan fingerprint density at radius 3 is 3.00 bits per heavy atom. The standard InChI is InChI=1S/C7H9BrN2O/c8-7-3-5(1-2-10-7)6(9)4-11/h1-3,6,11H,4,9H2/t6-/m0/s1. The summed E-state index contributed by atoms with van der Waals surface area (Å²) in [6.45, 7) is -0.0452. The van der Waals surface area contributed by atoms with Crippen molar-refractivity contribution in [1.29, 1.82) is 0 Å². The molecule has 1 aromatic rings. The van der Waals surface area contributed by atoms with Gasteiger partial charge < -0.3 is 10.8 Å². The Morgan fingerprint density at radius 2 is 2.45 bits per heavy atom. The summed E-state index contributed by atoms with van der Waals surface area (Å²) in [6.07, 6.45) is 1.65. The average Bonchev–Trinajstić information content (AvgIpc) is 2.03. The fraction of sp³-hybridized carbons (Fsp3) is 0.286. The molecule has 0 saturated carbocycles. The maximum atomic E-state index is 8.72. The zero-order valence-corrected chi connectivity index (χ0v) is 7.45. The highest BCUT2D eigenvalue weighted by atomic mass is 79.9. The van der Waals surface area contributed by atoms with Crippen molar-refractivity contribution in [2.45, 2.75) is 6.04 Å². The summed E-state index contributed by atoms with van der Waals surface area (Å²) >= 11 is 3.21. The molecule has 1 heterocycles. The van der Waals surface area contributed by atoms with E-state index in [0.29, 0.717) is 0 Å². The number of nitrogens with zero attached hydrogens (tertiary/aromatic N) is 1. The Morgan fingerprint density at radius 1 is 1.73 bits per heavy atom. The summed E-state index contributed by atoms with van der Waals surface area (Å²) in [6, 6.07) is 3.27. The largest absolute Gasteiger partial charge is 0.394 e. The molecule has 0 unspecified atom stereocenters. The SMILES string of the molecule is N[C@@H](CO)c1ccnc(Br)c1. The summed E-state index contributed by atoms with van der Waals surface area (Å²) in [5, 5.41) is 8.72. The van der Waals surface area contributed by atoms with Crippen LogP contribution in [0.5, 0.6) is 0 Å². The van der Waals surface area contributed by atoms with Gasteiger partial charge in [0.1, 0.15) is 4.60 Å². The van der Waals surface area contributed by atoms with Gasteiger partial charge >= 0.3 is 0 Å². The molecule has 0 aliphatic carbocycles. The predicted molar refractivity (Wildman–Crippen MR) is 46.0 cm³/mol. The molecular weight excluding hydrogens is 208 g/mol. The van der Waals surface area contributed by atoms with Crippen LogP contribution in [0, 0.1) is 0 Å². The van der Waals surface area contributed by atoms with Crippen molar-refractivity contribution >= 4 is 15.9 Å². The highest BCUT2D eigenvalue weighted by Crippen LogP contribution is 2.13. The van der Waals surface area contributed by atoms with Crippen LogP contribution in [0.25, 0.3) is 0 Å². The maximum absolute atomic E-state index is 8.72. The summed E-state index contributed by atoms with van der Waals surface area (Å²) in [7, 11) is 0. The third-order valence-corrected chi connectivity index (χ3v) is 1.81. The number of rotatable bonds is 2. The molecule has 0 saturated heterocycles. The van der Waals surface area contributed by atoms with E-state index in [1.165, 1.54) is 0 Å². The van der Waals surface area contributed by atoms with Crippen LogP contribution < -0.4 is 5.73 Å². The molecule has 1 rings (SSSR count). The van der Waals surface area contributed by atoms with Crippen molar-refractivity contribution < 1.29 is 5.11 Å². The number of aromatic nitrogens is 1. The Labute approximate surface area is 73.4 Å². The van der Waals surface area contributed by atoms with Crippen LogP contribution in [0.3, 0.4) is 0 Å². The van der Waals surface area contributed by atoms with E-state index in [1.807, 2.05) is 0 Å². The number of nitrogens with two attached hydrogens (primary N) is 1. The summed E-state index contributed by atoms with van der Waals surface area (Å²) in [4.78, 5) is 3.94. The molecule has 4 heteroatoms. The zero-order chi connectivity index (χ0) is 8.27.